The van der Waals surface area contributed by atoms with Crippen LogP contribution in [0.2, 0.25) is 0 Å². The van der Waals surface area contributed by atoms with E-state index in [4.69, 9.17) is 0 Å². The molecule has 1 aliphatic carbocycles. The molecule has 2 rings (SSSR count). The average Bonchev–Trinajstić information content (AvgIpc) is 3.00. The second-order valence-corrected chi connectivity index (χ2v) is 6.16. The van der Waals surface area contributed by atoms with E-state index in [-0.39, 0.29) is 11.9 Å². The molecule has 20 heavy (non-hydrogen) atoms. The number of nitrogens with zero attached hydrogens (tertiary/aromatic N) is 3. The molecule has 0 saturated heterocycles. The number of hydrogen-bond donors (Lipinski definition) is 0. The van der Waals surface area contributed by atoms with Gasteiger partial charge in [-0.1, -0.05) is 32.6 Å². The van der Waals surface area contributed by atoms with E-state index in [9.17, 15) is 10.1 Å². The summed E-state index contributed by atoms with van der Waals surface area (Å²) in [7, 11) is 0. The van der Waals surface area contributed by atoms with Crippen LogP contribution < -0.4 is 4.90 Å². The lowest BCUT2D eigenvalue weighted by atomic mass is 9.93. The lowest BCUT2D eigenvalue weighted by Gasteiger charge is -2.33. The number of aromatic nitrogens is 1. The van der Waals surface area contributed by atoms with Crippen LogP contribution in [0.1, 0.15) is 51.9 Å². The molecule has 1 atom stereocenters. The van der Waals surface area contributed by atoms with Crippen molar-refractivity contribution in [2.24, 2.45) is 5.92 Å². The summed E-state index contributed by atoms with van der Waals surface area (Å²) in [5, 5.41) is 11.9. The fourth-order valence-electron chi connectivity index (χ4n) is 2.80. The maximum absolute atomic E-state index is 12.7. The summed E-state index contributed by atoms with van der Waals surface area (Å²) in [5.41, 5.74) is 0. The summed E-state index contributed by atoms with van der Waals surface area (Å²) in [4.78, 5) is 18.8. The van der Waals surface area contributed by atoms with Gasteiger partial charge in [0.1, 0.15) is 5.92 Å². The minimum absolute atomic E-state index is 0.0591. The second kappa shape index (κ2) is 7.39. The molecule has 0 spiro atoms. The lowest BCUT2D eigenvalue weighted by molar-refractivity contribution is -0.121. The van der Waals surface area contributed by atoms with Crippen LogP contribution in [0.4, 0.5) is 5.13 Å². The summed E-state index contributed by atoms with van der Waals surface area (Å²) in [6, 6.07) is 2.39. The van der Waals surface area contributed by atoms with Crippen LogP contribution in [0.25, 0.3) is 0 Å². The van der Waals surface area contributed by atoms with Gasteiger partial charge in [0, 0.05) is 17.6 Å². The molecule has 0 bridgehead atoms. The Morgan fingerprint density at radius 3 is 2.85 bits per heavy atom. The Bertz CT molecular complexity index is 460. The zero-order valence-corrected chi connectivity index (χ0v) is 12.7. The van der Waals surface area contributed by atoms with E-state index < -0.39 is 5.92 Å². The molecule has 0 aromatic carbocycles. The Labute approximate surface area is 124 Å². The third kappa shape index (κ3) is 3.37. The Balaban J connectivity index is 2.22. The van der Waals surface area contributed by atoms with Crippen molar-refractivity contribution >= 4 is 22.4 Å². The van der Waals surface area contributed by atoms with Crippen LogP contribution >= 0.6 is 11.3 Å². The third-order valence-corrected chi connectivity index (χ3v) is 4.60. The molecular weight excluding hydrogens is 270 g/mol. The fourth-order valence-corrected chi connectivity index (χ4v) is 3.52. The first-order chi connectivity index (χ1) is 9.77. The largest absolute Gasteiger partial charge is 0.284 e. The van der Waals surface area contributed by atoms with Crippen LogP contribution in [0.15, 0.2) is 11.6 Å². The summed E-state index contributed by atoms with van der Waals surface area (Å²) in [6.45, 7) is 2.01. The van der Waals surface area contributed by atoms with Gasteiger partial charge in [-0.25, -0.2) is 4.98 Å². The van der Waals surface area contributed by atoms with Crippen LogP contribution in [0.3, 0.4) is 0 Å². The zero-order chi connectivity index (χ0) is 14.4. The van der Waals surface area contributed by atoms with Gasteiger partial charge in [-0.05, 0) is 19.3 Å². The van der Waals surface area contributed by atoms with E-state index in [0.29, 0.717) is 6.42 Å². The van der Waals surface area contributed by atoms with Crippen LogP contribution in [-0.4, -0.2) is 16.9 Å². The highest BCUT2D eigenvalue weighted by Crippen LogP contribution is 2.30. The van der Waals surface area contributed by atoms with E-state index in [1.165, 1.54) is 17.8 Å². The van der Waals surface area contributed by atoms with Crippen molar-refractivity contribution in [2.45, 2.75) is 57.9 Å². The van der Waals surface area contributed by atoms with Gasteiger partial charge in [0.2, 0.25) is 5.91 Å². The molecule has 0 aliphatic heterocycles. The van der Waals surface area contributed by atoms with Gasteiger partial charge in [0.05, 0.1) is 6.07 Å². The maximum atomic E-state index is 12.7. The Morgan fingerprint density at radius 2 is 2.30 bits per heavy atom. The molecule has 1 saturated carbocycles. The molecule has 0 radical (unpaired) electrons. The monoisotopic (exact) mass is 291 g/mol. The van der Waals surface area contributed by atoms with Crippen molar-refractivity contribution in [1.82, 2.24) is 4.98 Å². The molecule has 1 fully saturated rings. The summed E-state index contributed by atoms with van der Waals surface area (Å²) < 4.78 is 0. The van der Waals surface area contributed by atoms with Gasteiger partial charge in [0.25, 0.3) is 0 Å². The number of rotatable bonds is 5. The number of carbonyl (C=O) groups excluding carboxylic acids is 1. The van der Waals surface area contributed by atoms with E-state index in [2.05, 4.69) is 11.1 Å². The quantitative estimate of drug-likeness (QED) is 0.830. The number of carbonyl (C=O) groups is 1. The topological polar surface area (TPSA) is 57.0 Å². The molecule has 1 aromatic heterocycles. The number of nitriles is 1. The van der Waals surface area contributed by atoms with Crippen molar-refractivity contribution in [3.05, 3.63) is 11.6 Å². The van der Waals surface area contributed by atoms with Crippen molar-refractivity contribution < 1.29 is 4.79 Å². The first-order valence-electron chi connectivity index (χ1n) is 7.40. The maximum Gasteiger partial charge on any atom is 0.246 e. The molecule has 1 unspecified atom stereocenters. The van der Waals surface area contributed by atoms with Gasteiger partial charge in [0.15, 0.2) is 5.13 Å². The first kappa shape index (κ1) is 15.0. The van der Waals surface area contributed by atoms with E-state index >= 15 is 0 Å². The highest BCUT2D eigenvalue weighted by Gasteiger charge is 2.32. The minimum Gasteiger partial charge on any atom is -0.284 e. The number of hydrogen-bond acceptors (Lipinski definition) is 4. The smallest absolute Gasteiger partial charge is 0.246 e. The molecule has 5 heteroatoms. The first-order valence-corrected chi connectivity index (χ1v) is 8.28. The number of amides is 1. The van der Waals surface area contributed by atoms with Gasteiger partial charge in [-0.2, -0.15) is 5.26 Å². The van der Waals surface area contributed by atoms with Crippen LogP contribution in [0.5, 0.6) is 0 Å². The van der Waals surface area contributed by atoms with Gasteiger partial charge >= 0.3 is 0 Å². The molecule has 1 aliphatic rings. The highest BCUT2D eigenvalue weighted by molar-refractivity contribution is 7.13. The molecule has 1 amide bonds. The number of thiazole rings is 1. The minimum atomic E-state index is -0.536. The molecule has 108 valence electrons. The average molecular weight is 291 g/mol. The Hall–Kier alpha value is -1.41. The fraction of sp³-hybridized carbons (Fsp3) is 0.667. The molecule has 1 aromatic rings. The lowest BCUT2D eigenvalue weighted by Crippen LogP contribution is -2.44. The van der Waals surface area contributed by atoms with Gasteiger partial charge in [-0.15, -0.1) is 11.3 Å². The van der Waals surface area contributed by atoms with Crippen molar-refractivity contribution in [1.29, 1.82) is 5.26 Å². The highest BCUT2D eigenvalue weighted by atomic mass is 32.1. The SMILES string of the molecule is CCCC(C#N)C(=O)N(c1nccs1)C1CCCCC1. The van der Waals surface area contributed by atoms with E-state index in [0.717, 1.165) is 37.2 Å². The van der Waals surface area contributed by atoms with Crippen LogP contribution in [0, 0.1) is 17.2 Å². The molecular formula is C15H21N3OS. The molecule has 4 nitrogen and oxygen atoms in total. The van der Waals surface area contributed by atoms with Gasteiger partial charge in [-0.3, -0.25) is 9.69 Å². The Morgan fingerprint density at radius 1 is 1.55 bits per heavy atom. The van der Waals surface area contributed by atoms with Crippen molar-refractivity contribution in [3.63, 3.8) is 0 Å². The molecule has 0 N–H and O–H groups in total. The molecule has 1 heterocycles. The Kier molecular flexibility index (Phi) is 5.54. The zero-order valence-electron chi connectivity index (χ0n) is 11.9. The summed E-state index contributed by atoms with van der Waals surface area (Å²) in [6.07, 6.45) is 8.81. The van der Waals surface area contributed by atoms with E-state index in [1.807, 2.05) is 17.2 Å². The summed E-state index contributed by atoms with van der Waals surface area (Å²) in [5.74, 6) is -0.595. The van der Waals surface area contributed by atoms with Crippen molar-refractivity contribution in [2.75, 3.05) is 4.90 Å². The number of anilines is 1. The summed E-state index contributed by atoms with van der Waals surface area (Å²) >= 11 is 1.48. The standard InChI is InChI=1S/C15H21N3OS/c1-2-6-12(11-16)14(19)18(15-17-9-10-20-15)13-7-4-3-5-8-13/h9-10,12-13H,2-8H2,1H3. The van der Waals surface area contributed by atoms with E-state index in [1.54, 1.807) is 6.20 Å². The van der Waals surface area contributed by atoms with Crippen LogP contribution in [-0.2, 0) is 4.79 Å². The normalized spacial score (nSPS) is 17.4. The predicted molar refractivity (Wildman–Crippen MR) is 80.5 cm³/mol. The predicted octanol–water partition coefficient (Wildman–Crippen LogP) is 3.75. The second-order valence-electron chi connectivity index (χ2n) is 5.29. The third-order valence-electron chi connectivity index (χ3n) is 3.83. The van der Waals surface area contributed by atoms with Crippen molar-refractivity contribution in [3.8, 4) is 6.07 Å². The van der Waals surface area contributed by atoms with Gasteiger partial charge < -0.3 is 0 Å².